The molecule has 0 bridgehead atoms. The number of hydrogen-bond acceptors (Lipinski definition) is 5. The average molecular weight is 253 g/mol. The van der Waals surface area contributed by atoms with Crippen LogP contribution in [-0.2, 0) is 0 Å². The lowest BCUT2D eigenvalue weighted by molar-refractivity contribution is 0.470. The zero-order valence-corrected chi connectivity index (χ0v) is 9.93. The van der Waals surface area contributed by atoms with Gasteiger partial charge >= 0.3 is 0 Å². The average Bonchev–Trinajstić information content (AvgIpc) is 2.82. The summed E-state index contributed by atoms with van der Waals surface area (Å²) in [5.41, 5.74) is 7.92. The Labute approximate surface area is 109 Å². The van der Waals surface area contributed by atoms with Gasteiger partial charge in [-0.1, -0.05) is 17.3 Å². The summed E-state index contributed by atoms with van der Waals surface area (Å²) in [4.78, 5) is 3.94. The molecule has 0 amide bonds. The molecule has 3 N–H and O–H groups in total. The molecule has 3 rings (SSSR count). The highest BCUT2D eigenvalue weighted by molar-refractivity contribution is 5.71. The largest absolute Gasteiger partial charge is 0.506 e. The van der Waals surface area contributed by atoms with Crippen LogP contribution < -0.4 is 5.73 Å². The molecule has 3 aromatic rings. The molecule has 0 saturated carbocycles. The normalized spacial score (nSPS) is 10.5. The van der Waals surface area contributed by atoms with Crippen LogP contribution in [0.2, 0.25) is 0 Å². The summed E-state index contributed by atoms with van der Waals surface area (Å²) in [7, 11) is 0. The van der Waals surface area contributed by atoms with Crippen LogP contribution >= 0.6 is 0 Å². The number of nitrogens with two attached hydrogens (primary N) is 1. The number of benzene rings is 1. The minimum Gasteiger partial charge on any atom is -0.506 e. The maximum atomic E-state index is 9.81. The molecule has 6 heteroatoms. The Balaban J connectivity index is 2.12. The van der Waals surface area contributed by atoms with Crippen LogP contribution in [0.3, 0.4) is 0 Å². The second-order valence-electron chi connectivity index (χ2n) is 3.96. The first-order valence-electron chi connectivity index (χ1n) is 5.67. The summed E-state index contributed by atoms with van der Waals surface area (Å²) in [6, 6.07) is 10.4. The molecule has 0 atom stereocenters. The quantitative estimate of drug-likeness (QED) is 0.724. The molecular formula is C13H11N5O. The van der Waals surface area contributed by atoms with E-state index in [4.69, 9.17) is 5.73 Å². The molecule has 0 radical (unpaired) electrons. The van der Waals surface area contributed by atoms with Crippen molar-refractivity contribution in [1.29, 1.82) is 0 Å². The molecule has 0 aliphatic carbocycles. The highest BCUT2D eigenvalue weighted by Crippen LogP contribution is 2.28. The first kappa shape index (κ1) is 11.2. The number of phenolic OH excluding ortho intramolecular Hbond substituents is 1. The SMILES string of the molecule is Nc1c(-c2ccncc2)nnn1-c1ccccc1O. The Morgan fingerprint density at radius 3 is 2.53 bits per heavy atom. The number of nitrogen functional groups attached to an aromatic ring is 1. The van der Waals surface area contributed by atoms with E-state index in [1.807, 2.05) is 0 Å². The number of pyridine rings is 1. The summed E-state index contributed by atoms with van der Waals surface area (Å²) >= 11 is 0. The minimum absolute atomic E-state index is 0.0976. The third kappa shape index (κ3) is 1.89. The summed E-state index contributed by atoms with van der Waals surface area (Å²) in [5.74, 6) is 0.466. The zero-order chi connectivity index (χ0) is 13.2. The fourth-order valence-electron chi connectivity index (χ4n) is 1.83. The minimum atomic E-state index is 0.0976. The van der Waals surface area contributed by atoms with Crippen LogP contribution in [0.25, 0.3) is 16.9 Å². The summed E-state index contributed by atoms with van der Waals surface area (Å²) in [5, 5.41) is 17.9. The molecular weight excluding hydrogens is 242 g/mol. The van der Waals surface area contributed by atoms with Crippen LogP contribution in [0.5, 0.6) is 5.75 Å². The Hall–Kier alpha value is -2.89. The first-order chi connectivity index (χ1) is 9.27. The smallest absolute Gasteiger partial charge is 0.156 e. The van der Waals surface area contributed by atoms with Gasteiger partial charge in [-0.25, -0.2) is 0 Å². The van der Waals surface area contributed by atoms with Crippen molar-refractivity contribution in [2.75, 3.05) is 5.73 Å². The number of anilines is 1. The molecule has 2 heterocycles. The van der Waals surface area contributed by atoms with E-state index >= 15 is 0 Å². The Bertz CT molecular complexity index is 708. The molecule has 94 valence electrons. The van der Waals surface area contributed by atoms with Gasteiger partial charge in [0.2, 0.25) is 0 Å². The van der Waals surface area contributed by atoms with Crippen LogP contribution in [0.4, 0.5) is 5.82 Å². The lowest BCUT2D eigenvalue weighted by Crippen LogP contribution is -2.02. The Morgan fingerprint density at radius 2 is 1.79 bits per heavy atom. The maximum Gasteiger partial charge on any atom is 0.156 e. The maximum absolute atomic E-state index is 9.81. The highest BCUT2D eigenvalue weighted by atomic mass is 16.3. The Morgan fingerprint density at radius 1 is 1.05 bits per heavy atom. The number of para-hydroxylation sites is 2. The lowest BCUT2D eigenvalue weighted by atomic mass is 10.2. The van der Waals surface area contributed by atoms with Crippen molar-refractivity contribution in [1.82, 2.24) is 20.0 Å². The van der Waals surface area contributed by atoms with E-state index in [0.717, 1.165) is 5.56 Å². The molecule has 2 aromatic heterocycles. The molecule has 0 unspecified atom stereocenters. The van der Waals surface area contributed by atoms with Crippen molar-refractivity contribution in [2.24, 2.45) is 0 Å². The van der Waals surface area contributed by atoms with Crippen molar-refractivity contribution in [2.45, 2.75) is 0 Å². The van der Waals surface area contributed by atoms with Gasteiger partial charge < -0.3 is 10.8 Å². The van der Waals surface area contributed by atoms with E-state index in [1.165, 1.54) is 4.68 Å². The molecule has 0 aliphatic heterocycles. The number of phenols is 1. The molecule has 0 saturated heterocycles. The molecule has 1 aromatic carbocycles. The predicted octanol–water partition coefficient (Wildman–Crippen LogP) is 1.62. The highest BCUT2D eigenvalue weighted by Gasteiger charge is 2.14. The summed E-state index contributed by atoms with van der Waals surface area (Å²) in [6.07, 6.45) is 3.32. The van der Waals surface area contributed by atoms with Gasteiger partial charge in [-0.3, -0.25) is 4.98 Å². The third-order valence-corrected chi connectivity index (χ3v) is 2.77. The topological polar surface area (TPSA) is 89.9 Å². The standard InChI is InChI=1S/C13H11N5O/c14-13-12(9-5-7-15-8-6-9)16-17-18(13)10-3-1-2-4-11(10)19/h1-8,19H,14H2. The molecule has 0 aliphatic rings. The number of rotatable bonds is 2. The zero-order valence-electron chi connectivity index (χ0n) is 9.93. The van der Waals surface area contributed by atoms with Gasteiger partial charge in [-0.2, -0.15) is 4.68 Å². The second-order valence-corrected chi connectivity index (χ2v) is 3.96. The van der Waals surface area contributed by atoms with Gasteiger partial charge in [0, 0.05) is 18.0 Å². The van der Waals surface area contributed by atoms with E-state index in [9.17, 15) is 5.11 Å². The molecule has 0 fully saturated rings. The van der Waals surface area contributed by atoms with Crippen molar-refractivity contribution >= 4 is 5.82 Å². The predicted molar refractivity (Wildman–Crippen MR) is 70.7 cm³/mol. The summed E-state index contributed by atoms with van der Waals surface area (Å²) < 4.78 is 1.41. The number of nitrogens with zero attached hydrogens (tertiary/aromatic N) is 4. The van der Waals surface area contributed by atoms with E-state index in [2.05, 4.69) is 15.3 Å². The molecule has 0 spiro atoms. The van der Waals surface area contributed by atoms with Gasteiger partial charge in [0.25, 0.3) is 0 Å². The van der Waals surface area contributed by atoms with Gasteiger partial charge in [-0.05, 0) is 24.3 Å². The molecule has 6 nitrogen and oxygen atoms in total. The van der Waals surface area contributed by atoms with E-state index < -0.39 is 0 Å². The number of hydrogen-bond donors (Lipinski definition) is 2. The third-order valence-electron chi connectivity index (χ3n) is 2.77. The number of aromatic nitrogens is 4. The van der Waals surface area contributed by atoms with Crippen molar-refractivity contribution in [3.05, 3.63) is 48.8 Å². The van der Waals surface area contributed by atoms with Gasteiger partial charge in [0.1, 0.15) is 17.1 Å². The molecule has 19 heavy (non-hydrogen) atoms. The fourth-order valence-corrected chi connectivity index (χ4v) is 1.83. The van der Waals surface area contributed by atoms with Crippen molar-refractivity contribution in [3.8, 4) is 22.7 Å². The van der Waals surface area contributed by atoms with Gasteiger partial charge in [0.05, 0.1) is 0 Å². The number of aromatic hydroxyl groups is 1. The van der Waals surface area contributed by atoms with Crippen LogP contribution in [-0.4, -0.2) is 25.1 Å². The van der Waals surface area contributed by atoms with Gasteiger partial charge in [0.15, 0.2) is 5.82 Å². The van der Waals surface area contributed by atoms with E-state index in [-0.39, 0.29) is 5.75 Å². The first-order valence-corrected chi connectivity index (χ1v) is 5.67. The van der Waals surface area contributed by atoms with Crippen LogP contribution in [0.1, 0.15) is 0 Å². The van der Waals surface area contributed by atoms with E-state index in [0.29, 0.717) is 17.2 Å². The summed E-state index contributed by atoms with van der Waals surface area (Å²) in [6.45, 7) is 0. The second kappa shape index (κ2) is 4.41. The van der Waals surface area contributed by atoms with Crippen molar-refractivity contribution < 1.29 is 5.11 Å². The fraction of sp³-hybridized carbons (Fsp3) is 0. The van der Waals surface area contributed by atoms with Crippen molar-refractivity contribution in [3.63, 3.8) is 0 Å². The lowest BCUT2D eigenvalue weighted by Gasteiger charge is -2.05. The monoisotopic (exact) mass is 253 g/mol. The van der Waals surface area contributed by atoms with Gasteiger partial charge in [-0.15, -0.1) is 5.10 Å². The van der Waals surface area contributed by atoms with Crippen LogP contribution in [0, 0.1) is 0 Å². The van der Waals surface area contributed by atoms with Crippen LogP contribution in [0.15, 0.2) is 48.8 Å². The van der Waals surface area contributed by atoms with E-state index in [1.54, 1.807) is 48.8 Å². The Kier molecular flexibility index (Phi) is 2.60.